The number of nitrogens with zero attached hydrogens (tertiary/aromatic N) is 2. The largest absolute Gasteiger partial charge is 0.616 e. The number of ketones is 2. The molecule has 0 atom stereocenters. The fraction of sp³-hybridized carbons (Fsp3) is 0.625. The van der Waals surface area contributed by atoms with Crippen LogP contribution in [0.5, 0.6) is 0 Å². The lowest BCUT2D eigenvalue weighted by Gasteiger charge is -2.14. The fourth-order valence-electron chi connectivity index (χ4n) is 2.37. The summed E-state index contributed by atoms with van der Waals surface area (Å²) >= 11 is -1.45. The van der Waals surface area contributed by atoms with Gasteiger partial charge in [-0.15, -0.1) is 0 Å². The molecular formula is C16H20N2O9S. The van der Waals surface area contributed by atoms with Crippen molar-refractivity contribution in [2.75, 3.05) is 24.7 Å². The Kier molecular flexibility index (Phi) is 8.23. The number of amides is 4. The van der Waals surface area contributed by atoms with Gasteiger partial charge in [0.05, 0.1) is 12.8 Å². The number of imide groups is 2. The molecule has 2 saturated heterocycles. The summed E-state index contributed by atoms with van der Waals surface area (Å²) in [6.07, 6.45) is 0.0159. The first kappa shape index (κ1) is 22.1. The highest BCUT2D eigenvalue weighted by Gasteiger charge is 2.31. The Labute approximate surface area is 163 Å². The minimum atomic E-state index is -1.45. The molecule has 0 aromatic heterocycles. The Balaban J connectivity index is 1.57. The lowest BCUT2D eigenvalue weighted by atomic mass is 10.3. The Bertz CT molecular complexity index is 593. The molecule has 2 rings (SSSR count). The van der Waals surface area contributed by atoms with Crippen LogP contribution >= 0.6 is 0 Å². The molecule has 12 heteroatoms. The van der Waals surface area contributed by atoms with Crippen LogP contribution < -0.4 is 0 Å². The normalized spacial score (nSPS) is 17.4. The summed E-state index contributed by atoms with van der Waals surface area (Å²) in [5, 5.41) is 1.15. The highest BCUT2D eigenvalue weighted by Crippen LogP contribution is 2.13. The molecule has 0 spiro atoms. The van der Waals surface area contributed by atoms with Crippen molar-refractivity contribution in [1.29, 1.82) is 0 Å². The van der Waals surface area contributed by atoms with Crippen LogP contribution in [-0.4, -0.2) is 74.6 Å². The van der Waals surface area contributed by atoms with Crippen molar-refractivity contribution in [2.24, 2.45) is 0 Å². The maximum atomic E-state index is 11.9. The van der Waals surface area contributed by atoms with Gasteiger partial charge in [-0.1, -0.05) is 11.2 Å². The molecule has 0 N–H and O–H groups in total. The number of rotatable bonds is 12. The van der Waals surface area contributed by atoms with E-state index in [-0.39, 0.29) is 50.0 Å². The van der Waals surface area contributed by atoms with E-state index < -0.39 is 59.6 Å². The maximum absolute atomic E-state index is 11.9. The number of hydroxylamine groups is 4. The summed E-state index contributed by atoms with van der Waals surface area (Å²) in [4.78, 5) is 78.4. The molecule has 154 valence electrons. The molecule has 0 aromatic rings. The van der Waals surface area contributed by atoms with Crippen molar-refractivity contribution >= 4 is 46.4 Å². The molecule has 28 heavy (non-hydrogen) atoms. The number of hydrogen-bond donors (Lipinski definition) is 0. The van der Waals surface area contributed by atoms with E-state index in [1.807, 2.05) is 0 Å². The summed E-state index contributed by atoms with van der Waals surface area (Å²) in [5.41, 5.74) is 0. The van der Waals surface area contributed by atoms with Gasteiger partial charge in [0.15, 0.2) is 11.6 Å². The summed E-state index contributed by atoms with van der Waals surface area (Å²) in [6, 6.07) is 0. The van der Waals surface area contributed by atoms with Gasteiger partial charge >= 0.3 is 0 Å². The third kappa shape index (κ3) is 6.48. The average Bonchev–Trinajstić information content (AvgIpc) is 3.15. The second-order valence-corrected chi connectivity index (χ2v) is 7.83. The first-order valence-corrected chi connectivity index (χ1v) is 10.1. The van der Waals surface area contributed by atoms with E-state index in [0.29, 0.717) is 10.1 Å². The molecule has 2 aliphatic rings. The molecule has 2 fully saturated rings. The first-order valence-electron chi connectivity index (χ1n) is 8.63. The lowest BCUT2D eigenvalue weighted by Crippen LogP contribution is -2.32. The summed E-state index contributed by atoms with van der Waals surface area (Å²) in [6.45, 7) is -0.946. The zero-order valence-corrected chi connectivity index (χ0v) is 15.9. The van der Waals surface area contributed by atoms with E-state index in [2.05, 4.69) is 0 Å². The minimum Gasteiger partial charge on any atom is -0.616 e. The van der Waals surface area contributed by atoms with E-state index in [9.17, 15) is 33.3 Å². The molecule has 2 aliphatic heterocycles. The third-order valence-corrected chi connectivity index (χ3v) is 5.26. The molecular weight excluding hydrogens is 396 g/mol. The Morgan fingerprint density at radius 2 is 1.07 bits per heavy atom. The van der Waals surface area contributed by atoms with Crippen LogP contribution in [0.3, 0.4) is 0 Å². The second-order valence-electron chi connectivity index (χ2n) is 6.14. The van der Waals surface area contributed by atoms with E-state index in [4.69, 9.17) is 9.68 Å². The Hall–Kier alpha value is -2.15. The van der Waals surface area contributed by atoms with Crippen LogP contribution in [0.15, 0.2) is 0 Å². The van der Waals surface area contributed by atoms with Gasteiger partial charge < -0.3 is 4.55 Å². The van der Waals surface area contributed by atoms with Crippen molar-refractivity contribution in [3.05, 3.63) is 0 Å². The standard InChI is InChI=1S/C16H20N2O9S/c19-11(9-26-17-13(21)1-2-14(17)22)5-7-28(25)8-6-12(20)10-27-18-15(23)3-4-16(18)24/h1-10H2. The quantitative estimate of drug-likeness (QED) is 0.283. The number of hydrogen-bond acceptors (Lipinski definition) is 9. The highest BCUT2D eigenvalue weighted by molar-refractivity contribution is 7.91. The summed E-state index contributed by atoms with van der Waals surface area (Å²) in [7, 11) is 0. The molecule has 4 amide bonds. The van der Waals surface area contributed by atoms with E-state index in [1.165, 1.54) is 0 Å². The Morgan fingerprint density at radius 3 is 1.39 bits per heavy atom. The van der Waals surface area contributed by atoms with Crippen molar-refractivity contribution in [1.82, 2.24) is 10.1 Å². The van der Waals surface area contributed by atoms with Crippen molar-refractivity contribution in [3.8, 4) is 0 Å². The van der Waals surface area contributed by atoms with E-state index >= 15 is 0 Å². The van der Waals surface area contributed by atoms with Gasteiger partial charge in [0, 0.05) is 25.7 Å². The summed E-state index contributed by atoms with van der Waals surface area (Å²) in [5.74, 6) is -2.86. The van der Waals surface area contributed by atoms with Gasteiger partial charge in [-0.25, -0.2) is 0 Å². The lowest BCUT2D eigenvalue weighted by molar-refractivity contribution is -0.189. The molecule has 2 heterocycles. The molecule has 0 aromatic carbocycles. The van der Waals surface area contributed by atoms with Gasteiger partial charge in [0.25, 0.3) is 23.6 Å². The SMILES string of the molecule is O=C(CC[S+]([O-])CCC(=O)CON1C(=O)CCC1=O)CON1C(=O)CCC1=O. The van der Waals surface area contributed by atoms with Gasteiger partial charge in [-0.05, 0) is 0 Å². The molecule has 0 aliphatic carbocycles. The van der Waals surface area contributed by atoms with E-state index in [1.54, 1.807) is 0 Å². The van der Waals surface area contributed by atoms with Crippen LogP contribution in [0.4, 0.5) is 0 Å². The van der Waals surface area contributed by atoms with Gasteiger partial charge in [-0.2, -0.15) is 10.1 Å². The third-order valence-electron chi connectivity index (χ3n) is 3.94. The van der Waals surface area contributed by atoms with Crippen LogP contribution in [0.25, 0.3) is 0 Å². The molecule has 11 nitrogen and oxygen atoms in total. The highest BCUT2D eigenvalue weighted by atomic mass is 32.2. The van der Waals surface area contributed by atoms with Gasteiger partial charge in [0.1, 0.15) is 24.7 Å². The number of carbonyl (C=O) groups is 6. The fourth-order valence-corrected chi connectivity index (χ4v) is 3.49. The first-order chi connectivity index (χ1) is 13.3. The zero-order chi connectivity index (χ0) is 20.7. The van der Waals surface area contributed by atoms with Crippen LogP contribution in [-0.2, 0) is 49.6 Å². The Morgan fingerprint density at radius 1 is 0.750 bits per heavy atom. The van der Waals surface area contributed by atoms with Crippen LogP contribution in [0.2, 0.25) is 0 Å². The van der Waals surface area contributed by atoms with Crippen molar-refractivity contribution in [3.63, 3.8) is 0 Å². The summed E-state index contributed by atoms with van der Waals surface area (Å²) < 4.78 is 11.9. The topological polar surface area (TPSA) is 150 Å². The predicted molar refractivity (Wildman–Crippen MR) is 91.2 cm³/mol. The molecule has 0 radical (unpaired) electrons. The van der Waals surface area contributed by atoms with Gasteiger partial charge in [-0.3, -0.25) is 38.4 Å². The molecule has 0 saturated carbocycles. The molecule has 0 bridgehead atoms. The van der Waals surface area contributed by atoms with Crippen LogP contribution in [0.1, 0.15) is 38.5 Å². The maximum Gasteiger partial charge on any atom is 0.254 e. The van der Waals surface area contributed by atoms with Gasteiger partial charge in [0.2, 0.25) is 0 Å². The zero-order valence-electron chi connectivity index (χ0n) is 15.0. The van der Waals surface area contributed by atoms with E-state index in [0.717, 1.165) is 0 Å². The average molecular weight is 416 g/mol. The van der Waals surface area contributed by atoms with Crippen molar-refractivity contribution in [2.45, 2.75) is 38.5 Å². The molecule has 0 unspecified atom stereocenters. The van der Waals surface area contributed by atoms with Crippen LogP contribution in [0, 0.1) is 0 Å². The monoisotopic (exact) mass is 416 g/mol. The second kappa shape index (κ2) is 10.4. The number of carbonyl (C=O) groups excluding carboxylic acids is 6. The van der Waals surface area contributed by atoms with Crippen molar-refractivity contribution < 1.29 is 43.0 Å². The minimum absolute atomic E-state index is 0.00131. The number of Topliss-reactive ketones (excluding diaryl/α,β-unsaturated/α-hetero) is 2. The predicted octanol–water partition coefficient (Wildman–Crippen LogP) is -1.19. The smallest absolute Gasteiger partial charge is 0.254 e.